The zero-order valence-corrected chi connectivity index (χ0v) is 15.7. The van der Waals surface area contributed by atoms with Crippen LogP contribution in [0.25, 0.3) is 11.0 Å². The molecule has 3 aromatic rings. The third-order valence-corrected chi connectivity index (χ3v) is 4.19. The Kier molecular flexibility index (Phi) is 6.23. The Labute approximate surface area is 165 Å². The highest BCUT2D eigenvalue weighted by Gasteiger charge is 2.26. The fourth-order valence-electron chi connectivity index (χ4n) is 2.85. The highest BCUT2D eigenvalue weighted by molar-refractivity contribution is 6.02. The minimum Gasteiger partial charge on any atom is -0.449 e. The van der Waals surface area contributed by atoms with Crippen LogP contribution in [0.15, 0.2) is 52.9 Å². The van der Waals surface area contributed by atoms with Gasteiger partial charge in [0.1, 0.15) is 11.3 Å². The molecule has 0 amide bonds. The predicted octanol–water partition coefficient (Wildman–Crippen LogP) is 4.61. The lowest BCUT2D eigenvalue weighted by Crippen LogP contribution is -2.24. The summed E-state index contributed by atoms with van der Waals surface area (Å²) in [4.78, 5) is 25.1. The normalized spacial score (nSPS) is 12.2. The van der Waals surface area contributed by atoms with Gasteiger partial charge in [-0.2, -0.15) is 8.78 Å². The van der Waals surface area contributed by atoms with Crippen LogP contribution in [0.4, 0.5) is 8.78 Å². The maximum Gasteiger partial charge on any atom is 0.387 e. The molecule has 0 aliphatic rings. The van der Waals surface area contributed by atoms with Gasteiger partial charge in [0.2, 0.25) is 11.5 Å². The fraction of sp³-hybridized carbons (Fsp3) is 0.238. The van der Waals surface area contributed by atoms with E-state index in [1.165, 1.54) is 38.3 Å². The van der Waals surface area contributed by atoms with Crippen molar-refractivity contribution in [2.75, 3.05) is 7.11 Å². The number of hydrogen-bond acceptors (Lipinski definition) is 6. The topological polar surface area (TPSA) is 75.0 Å². The lowest BCUT2D eigenvalue weighted by atomic mass is 10.1. The molecule has 6 nitrogen and oxygen atoms in total. The molecule has 2 aromatic carbocycles. The number of halogens is 2. The van der Waals surface area contributed by atoms with Crippen molar-refractivity contribution >= 4 is 22.7 Å². The van der Waals surface area contributed by atoms with E-state index in [1.807, 2.05) is 0 Å². The summed E-state index contributed by atoms with van der Waals surface area (Å²) in [6.45, 7) is -1.40. The van der Waals surface area contributed by atoms with E-state index < -0.39 is 24.5 Å². The SMILES string of the molecule is COCc1c(C(=O)O[C@H](C)C(=O)c2ccc(OC(F)F)cc2)oc2ccccc12. The molecule has 0 radical (unpaired) electrons. The van der Waals surface area contributed by atoms with Crippen LogP contribution in [0.3, 0.4) is 0 Å². The average molecular weight is 404 g/mol. The quantitative estimate of drug-likeness (QED) is 0.403. The third kappa shape index (κ3) is 4.60. The van der Waals surface area contributed by atoms with Gasteiger partial charge in [-0.15, -0.1) is 0 Å². The minimum atomic E-state index is -2.96. The minimum absolute atomic E-state index is 0.0339. The molecule has 1 aromatic heterocycles. The Balaban J connectivity index is 1.75. The lowest BCUT2D eigenvalue weighted by molar-refractivity contribution is -0.0498. The molecule has 0 bridgehead atoms. The standard InChI is InChI=1S/C21H18F2O6/c1-12(18(24)13-7-9-14(10-8-13)28-21(22)23)27-20(25)19-16(11-26-2)15-5-3-4-6-17(15)29-19/h3-10,12,21H,11H2,1-2H3/t12-/m1/s1. The number of carbonyl (C=O) groups excluding carboxylic acids is 2. The van der Waals surface area contributed by atoms with E-state index in [2.05, 4.69) is 4.74 Å². The van der Waals surface area contributed by atoms with Crippen LogP contribution >= 0.6 is 0 Å². The van der Waals surface area contributed by atoms with Crippen LogP contribution in [0.1, 0.15) is 33.4 Å². The maximum atomic E-state index is 12.6. The first-order valence-corrected chi connectivity index (χ1v) is 8.70. The van der Waals surface area contributed by atoms with Gasteiger partial charge in [0.25, 0.3) is 0 Å². The molecule has 29 heavy (non-hydrogen) atoms. The number of furan rings is 1. The molecule has 0 unspecified atom stereocenters. The number of esters is 1. The van der Waals surface area contributed by atoms with E-state index >= 15 is 0 Å². The number of ether oxygens (including phenoxy) is 3. The maximum absolute atomic E-state index is 12.6. The number of rotatable bonds is 8. The van der Waals surface area contributed by atoms with Gasteiger partial charge >= 0.3 is 12.6 Å². The van der Waals surface area contributed by atoms with Crippen molar-refractivity contribution in [2.45, 2.75) is 26.2 Å². The highest BCUT2D eigenvalue weighted by atomic mass is 19.3. The van der Waals surface area contributed by atoms with E-state index in [-0.39, 0.29) is 23.7 Å². The molecule has 152 valence electrons. The average Bonchev–Trinajstić information content (AvgIpc) is 3.07. The van der Waals surface area contributed by atoms with Gasteiger partial charge in [0.05, 0.1) is 6.61 Å². The number of carbonyl (C=O) groups is 2. The van der Waals surface area contributed by atoms with Crippen molar-refractivity contribution in [1.29, 1.82) is 0 Å². The predicted molar refractivity (Wildman–Crippen MR) is 99.2 cm³/mol. The summed E-state index contributed by atoms with van der Waals surface area (Å²) in [5.41, 5.74) is 1.22. The van der Waals surface area contributed by atoms with Crippen LogP contribution in [-0.2, 0) is 16.1 Å². The van der Waals surface area contributed by atoms with E-state index in [0.29, 0.717) is 11.1 Å². The van der Waals surface area contributed by atoms with Gasteiger partial charge < -0.3 is 18.6 Å². The van der Waals surface area contributed by atoms with Crippen molar-refractivity contribution in [3.63, 3.8) is 0 Å². The molecule has 0 fully saturated rings. The van der Waals surface area contributed by atoms with Crippen LogP contribution in [0.5, 0.6) is 5.75 Å². The number of Topliss-reactive ketones (excluding diaryl/α,β-unsaturated/α-hetero) is 1. The Morgan fingerprint density at radius 3 is 2.41 bits per heavy atom. The molecule has 0 aliphatic heterocycles. The number of methoxy groups -OCH3 is 1. The first-order chi connectivity index (χ1) is 13.9. The number of hydrogen-bond donors (Lipinski definition) is 0. The summed E-state index contributed by atoms with van der Waals surface area (Å²) >= 11 is 0. The van der Waals surface area contributed by atoms with Crippen molar-refractivity contribution in [2.24, 2.45) is 0 Å². The number of alkyl halides is 2. The lowest BCUT2D eigenvalue weighted by Gasteiger charge is -2.12. The highest BCUT2D eigenvalue weighted by Crippen LogP contribution is 2.27. The summed E-state index contributed by atoms with van der Waals surface area (Å²) in [5.74, 6) is -1.40. The molecule has 0 saturated carbocycles. The number of benzene rings is 2. The van der Waals surface area contributed by atoms with Gasteiger partial charge in [-0.3, -0.25) is 4.79 Å². The Morgan fingerprint density at radius 2 is 1.76 bits per heavy atom. The van der Waals surface area contributed by atoms with E-state index in [9.17, 15) is 18.4 Å². The van der Waals surface area contributed by atoms with E-state index in [4.69, 9.17) is 13.9 Å². The van der Waals surface area contributed by atoms with Crippen LogP contribution in [0.2, 0.25) is 0 Å². The van der Waals surface area contributed by atoms with Gasteiger partial charge in [-0.1, -0.05) is 18.2 Å². The zero-order chi connectivity index (χ0) is 21.0. The number of ketones is 1. The second kappa shape index (κ2) is 8.83. The van der Waals surface area contributed by atoms with Gasteiger partial charge in [-0.05, 0) is 37.3 Å². The molecule has 1 heterocycles. The largest absolute Gasteiger partial charge is 0.449 e. The first kappa shape index (κ1) is 20.5. The Hall–Kier alpha value is -3.26. The number of fused-ring (bicyclic) bond motifs is 1. The molecule has 8 heteroatoms. The molecule has 0 spiro atoms. The summed E-state index contributed by atoms with van der Waals surface area (Å²) in [5, 5.41) is 0.717. The fourth-order valence-corrected chi connectivity index (χ4v) is 2.85. The van der Waals surface area contributed by atoms with Crippen LogP contribution in [0, 0.1) is 0 Å². The summed E-state index contributed by atoms with van der Waals surface area (Å²) in [6, 6.07) is 12.2. The first-order valence-electron chi connectivity index (χ1n) is 8.70. The molecule has 0 N–H and O–H groups in total. The summed E-state index contributed by atoms with van der Waals surface area (Å²) in [7, 11) is 1.49. The van der Waals surface area contributed by atoms with Crippen molar-refractivity contribution < 1.29 is 37.0 Å². The molecule has 0 aliphatic carbocycles. The van der Waals surface area contributed by atoms with Crippen LogP contribution in [-0.4, -0.2) is 31.6 Å². The monoisotopic (exact) mass is 404 g/mol. The van der Waals surface area contributed by atoms with Gasteiger partial charge in [0, 0.05) is 23.6 Å². The van der Waals surface area contributed by atoms with Crippen molar-refractivity contribution in [1.82, 2.24) is 0 Å². The molecular weight excluding hydrogens is 386 g/mol. The smallest absolute Gasteiger partial charge is 0.387 e. The molecular formula is C21H18F2O6. The van der Waals surface area contributed by atoms with E-state index in [0.717, 1.165) is 5.39 Å². The Morgan fingerprint density at radius 1 is 1.07 bits per heavy atom. The van der Waals surface area contributed by atoms with Crippen LogP contribution < -0.4 is 4.74 Å². The zero-order valence-electron chi connectivity index (χ0n) is 15.7. The van der Waals surface area contributed by atoms with E-state index in [1.54, 1.807) is 24.3 Å². The molecule has 0 saturated heterocycles. The van der Waals surface area contributed by atoms with Crippen molar-refractivity contribution in [3.8, 4) is 5.75 Å². The summed E-state index contributed by atoms with van der Waals surface area (Å²) < 4.78 is 44.7. The Bertz CT molecular complexity index is 1010. The second-order valence-corrected chi connectivity index (χ2v) is 6.15. The number of para-hydroxylation sites is 1. The van der Waals surface area contributed by atoms with Crippen molar-refractivity contribution in [3.05, 3.63) is 65.4 Å². The third-order valence-electron chi connectivity index (χ3n) is 4.19. The molecule has 1 atom stereocenters. The summed E-state index contributed by atoms with van der Waals surface area (Å²) in [6.07, 6.45) is -1.12. The molecule has 3 rings (SSSR count). The van der Waals surface area contributed by atoms with Gasteiger partial charge in [-0.25, -0.2) is 4.79 Å². The second-order valence-electron chi connectivity index (χ2n) is 6.15. The van der Waals surface area contributed by atoms with Gasteiger partial charge in [0.15, 0.2) is 6.10 Å².